The van der Waals surface area contributed by atoms with Crippen molar-refractivity contribution in [1.29, 1.82) is 0 Å². The van der Waals surface area contributed by atoms with E-state index < -0.39 is 0 Å². The molecule has 0 aliphatic carbocycles. The lowest BCUT2D eigenvalue weighted by Crippen LogP contribution is -2.37. The smallest absolute Gasteiger partial charge is 0.263 e. The van der Waals surface area contributed by atoms with Gasteiger partial charge in [0.2, 0.25) is 5.91 Å². The second kappa shape index (κ2) is 9.41. The van der Waals surface area contributed by atoms with Crippen LogP contribution in [0.15, 0.2) is 59.0 Å². The molecule has 0 aliphatic rings. The van der Waals surface area contributed by atoms with E-state index in [0.29, 0.717) is 27.8 Å². The summed E-state index contributed by atoms with van der Waals surface area (Å²) in [4.78, 5) is 31.7. The van der Waals surface area contributed by atoms with E-state index >= 15 is 0 Å². The molecule has 152 valence electrons. The van der Waals surface area contributed by atoms with E-state index in [4.69, 9.17) is 4.98 Å². The van der Waals surface area contributed by atoms with Crippen molar-refractivity contribution in [2.75, 3.05) is 5.75 Å². The first-order valence-corrected chi connectivity index (χ1v) is 11.3. The van der Waals surface area contributed by atoms with Crippen molar-refractivity contribution in [3.63, 3.8) is 0 Å². The number of rotatable bonds is 8. The summed E-state index contributed by atoms with van der Waals surface area (Å²) in [5, 5.41) is 4.12. The molecule has 3 rings (SSSR count). The summed E-state index contributed by atoms with van der Waals surface area (Å²) < 4.78 is 1.58. The zero-order valence-corrected chi connectivity index (χ0v) is 18.5. The summed E-state index contributed by atoms with van der Waals surface area (Å²) in [7, 11) is 0. The van der Waals surface area contributed by atoms with Crippen LogP contribution in [0.4, 0.5) is 0 Å². The van der Waals surface area contributed by atoms with Crippen molar-refractivity contribution in [3.8, 4) is 10.4 Å². The van der Waals surface area contributed by atoms with Gasteiger partial charge < -0.3 is 5.32 Å². The number of hydrogen-bond donors (Lipinski definition) is 1. The van der Waals surface area contributed by atoms with Crippen LogP contribution >= 0.6 is 23.1 Å². The summed E-state index contributed by atoms with van der Waals surface area (Å²) in [6, 6.07) is 11.9. The van der Waals surface area contributed by atoms with Crippen molar-refractivity contribution in [1.82, 2.24) is 14.9 Å². The molecule has 2 aromatic heterocycles. The molecule has 1 atom stereocenters. The molecule has 7 heteroatoms. The zero-order valence-electron chi connectivity index (χ0n) is 16.8. The van der Waals surface area contributed by atoms with Gasteiger partial charge in [-0.1, -0.05) is 62.0 Å². The van der Waals surface area contributed by atoms with Crippen LogP contribution in [0.3, 0.4) is 0 Å². The number of allylic oxidation sites excluding steroid dienone is 1. The number of fused-ring (bicyclic) bond motifs is 1. The number of benzene rings is 1. The molecule has 29 heavy (non-hydrogen) atoms. The molecule has 1 amide bonds. The molecule has 1 unspecified atom stereocenters. The lowest BCUT2D eigenvalue weighted by atomic mass is 10.1. The van der Waals surface area contributed by atoms with Crippen LogP contribution in [0.25, 0.3) is 20.7 Å². The van der Waals surface area contributed by atoms with Crippen molar-refractivity contribution in [2.24, 2.45) is 5.92 Å². The minimum atomic E-state index is -0.105. The lowest BCUT2D eigenvalue weighted by Gasteiger charge is -2.17. The number of amides is 1. The number of thiophene rings is 1. The number of hydrogen-bond acceptors (Lipinski definition) is 5. The molecule has 0 fully saturated rings. The molecular weight excluding hydrogens is 402 g/mol. The standard InChI is InChI=1S/C22H25N3O2S2/c1-5-11-25-21(27)17-12-18(16-9-7-6-8-10-16)29-20(17)24-22(25)28-13-19(26)23-15(4)14(2)3/h5-10,12,14-15H,1,11,13H2,2-4H3,(H,23,26). The molecule has 0 spiro atoms. The summed E-state index contributed by atoms with van der Waals surface area (Å²) in [6.07, 6.45) is 1.67. The average Bonchev–Trinajstić information content (AvgIpc) is 3.14. The Morgan fingerprint density at radius 2 is 2.03 bits per heavy atom. The van der Waals surface area contributed by atoms with Gasteiger partial charge in [-0.05, 0) is 24.5 Å². The third-order valence-corrected chi connectivity index (χ3v) is 6.76. The third kappa shape index (κ3) is 4.97. The Kier molecular flexibility index (Phi) is 6.92. The van der Waals surface area contributed by atoms with Gasteiger partial charge in [0.15, 0.2) is 5.16 Å². The fourth-order valence-corrected chi connectivity index (χ4v) is 4.63. The Hall–Kier alpha value is -2.38. The van der Waals surface area contributed by atoms with Gasteiger partial charge in [0.05, 0.1) is 11.1 Å². The predicted molar refractivity (Wildman–Crippen MR) is 123 cm³/mol. The normalized spacial score (nSPS) is 12.3. The Morgan fingerprint density at radius 1 is 1.31 bits per heavy atom. The SMILES string of the molecule is C=CCn1c(SCC(=O)NC(C)C(C)C)nc2sc(-c3ccccc3)cc2c1=O. The third-order valence-electron chi connectivity index (χ3n) is 4.71. The van der Waals surface area contributed by atoms with Crippen LogP contribution in [-0.4, -0.2) is 27.3 Å². The number of carbonyl (C=O) groups is 1. The molecule has 5 nitrogen and oxygen atoms in total. The molecule has 0 aliphatic heterocycles. The average molecular weight is 428 g/mol. The van der Waals surface area contributed by atoms with Crippen molar-refractivity contribution >= 4 is 39.2 Å². The van der Waals surface area contributed by atoms with Gasteiger partial charge in [-0.2, -0.15) is 0 Å². The van der Waals surface area contributed by atoms with Crippen LogP contribution in [0.5, 0.6) is 0 Å². The number of nitrogens with zero attached hydrogens (tertiary/aromatic N) is 2. The van der Waals surface area contributed by atoms with Gasteiger partial charge in [-0.3, -0.25) is 14.2 Å². The predicted octanol–water partition coefficient (Wildman–Crippen LogP) is 4.56. The first-order chi connectivity index (χ1) is 13.9. The Balaban J connectivity index is 1.92. The minimum Gasteiger partial charge on any atom is -0.353 e. The Morgan fingerprint density at radius 3 is 2.69 bits per heavy atom. The summed E-state index contributed by atoms with van der Waals surface area (Å²) >= 11 is 2.77. The van der Waals surface area contributed by atoms with Gasteiger partial charge in [-0.25, -0.2) is 4.98 Å². The quantitative estimate of drug-likeness (QED) is 0.325. The van der Waals surface area contributed by atoms with Gasteiger partial charge in [-0.15, -0.1) is 17.9 Å². The minimum absolute atomic E-state index is 0.0631. The van der Waals surface area contributed by atoms with E-state index in [1.807, 2.05) is 43.3 Å². The molecule has 1 aromatic carbocycles. The van der Waals surface area contributed by atoms with Gasteiger partial charge >= 0.3 is 0 Å². The fraction of sp³-hybridized carbons (Fsp3) is 0.318. The first kappa shape index (κ1) is 21.3. The maximum atomic E-state index is 13.1. The molecular formula is C22H25N3O2S2. The molecule has 2 heterocycles. The Bertz CT molecular complexity index is 1070. The second-order valence-electron chi connectivity index (χ2n) is 7.18. The number of nitrogens with one attached hydrogen (secondary N) is 1. The fourth-order valence-electron chi connectivity index (χ4n) is 2.73. The first-order valence-electron chi connectivity index (χ1n) is 9.53. The van der Waals surface area contributed by atoms with Crippen molar-refractivity contribution in [3.05, 3.63) is 59.4 Å². The van der Waals surface area contributed by atoms with E-state index in [1.54, 1.807) is 10.6 Å². The zero-order chi connectivity index (χ0) is 21.0. The molecule has 0 bridgehead atoms. The highest BCUT2D eigenvalue weighted by Crippen LogP contribution is 2.32. The van der Waals surface area contributed by atoms with E-state index in [0.717, 1.165) is 10.4 Å². The van der Waals surface area contributed by atoms with Crippen LogP contribution < -0.4 is 10.9 Å². The highest BCUT2D eigenvalue weighted by Gasteiger charge is 2.17. The molecule has 3 aromatic rings. The van der Waals surface area contributed by atoms with E-state index in [9.17, 15) is 9.59 Å². The summed E-state index contributed by atoms with van der Waals surface area (Å²) in [5.41, 5.74) is 0.952. The van der Waals surface area contributed by atoms with E-state index in [2.05, 4.69) is 25.7 Å². The maximum Gasteiger partial charge on any atom is 0.263 e. The van der Waals surface area contributed by atoms with Crippen LogP contribution in [0.2, 0.25) is 0 Å². The lowest BCUT2D eigenvalue weighted by molar-refractivity contribution is -0.119. The summed E-state index contributed by atoms with van der Waals surface area (Å²) in [5.74, 6) is 0.509. The van der Waals surface area contributed by atoms with E-state index in [-0.39, 0.29) is 23.3 Å². The van der Waals surface area contributed by atoms with Gasteiger partial charge in [0, 0.05) is 17.5 Å². The summed E-state index contributed by atoms with van der Waals surface area (Å²) in [6.45, 7) is 10.2. The highest BCUT2D eigenvalue weighted by atomic mass is 32.2. The van der Waals surface area contributed by atoms with Crippen molar-refractivity contribution < 1.29 is 4.79 Å². The van der Waals surface area contributed by atoms with E-state index in [1.165, 1.54) is 23.1 Å². The van der Waals surface area contributed by atoms with Crippen LogP contribution in [0.1, 0.15) is 20.8 Å². The van der Waals surface area contributed by atoms with Crippen LogP contribution in [0, 0.1) is 5.92 Å². The number of aromatic nitrogens is 2. The largest absolute Gasteiger partial charge is 0.353 e. The molecule has 0 saturated carbocycles. The topological polar surface area (TPSA) is 64.0 Å². The molecule has 1 N–H and O–H groups in total. The van der Waals surface area contributed by atoms with Crippen LogP contribution in [-0.2, 0) is 11.3 Å². The second-order valence-corrected chi connectivity index (χ2v) is 9.16. The monoisotopic (exact) mass is 427 g/mol. The van der Waals surface area contributed by atoms with Crippen molar-refractivity contribution in [2.45, 2.75) is 38.5 Å². The maximum absolute atomic E-state index is 13.1. The molecule has 0 saturated heterocycles. The van der Waals surface area contributed by atoms with Gasteiger partial charge in [0.1, 0.15) is 4.83 Å². The van der Waals surface area contributed by atoms with Gasteiger partial charge in [0.25, 0.3) is 5.56 Å². The number of carbonyl (C=O) groups excluding carboxylic acids is 1. The highest BCUT2D eigenvalue weighted by molar-refractivity contribution is 7.99. The Labute approximate surface area is 178 Å². The number of thioether (sulfide) groups is 1. The molecule has 0 radical (unpaired) electrons.